The van der Waals surface area contributed by atoms with Gasteiger partial charge >= 0.3 is 17.6 Å². The Bertz CT molecular complexity index is 1840. The van der Waals surface area contributed by atoms with Gasteiger partial charge in [0.15, 0.2) is 35.7 Å². The summed E-state index contributed by atoms with van der Waals surface area (Å²) in [6, 6.07) is 23.0. The molecule has 1 amide bonds. The normalized spacial score (nSPS) is 20.3. The number of alkyl halides is 1. The first-order valence-corrected chi connectivity index (χ1v) is 13.7. The lowest BCUT2D eigenvalue weighted by Gasteiger charge is -2.32. The number of rotatable bonds is 10. The van der Waals surface area contributed by atoms with Crippen LogP contribution < -0.4 is 11.0 Å². The summed E-state index contributed by atoms with van der Waals surface area (Å²) in [7, 11) is 0. The number of halogens is 2. The van der Waals surface area contributed by atoms with Crippen molar-refractivity contribution < 1.29 is 37.4 Å². The molecule has 0 bridgehead atoms. The molecule has 15 heteroatoms. The number of carbonyl (C=O) groups excluding carboxylic acids is 3. The minimum absolute atomic E-state index is 0.0282. The molecule has 0 aliphatic carbocycles. The topological polar surface area (TPSA) is 175 Å². The average molecular weight is 631 g/mol. The van der Waals surface area contributed by atoms with Gasteiger partial charge in [-0.3, -0.25) is 9.36 Å². The number of anilines is 1. The molecule has 13 nitrogen and oxygen atoms in total. The van der Waals surface area contributed by atoms with E-state index in [2.05, 4.69) is 20.3 Å². The zero-order valence-electron chi connectivity index (χ0n) is 23.7. The average Bonchev–Trinajstić information content (AvgIpc) is 3.35. The van der Waals surface area contributed by atoms with Crippen molar-refractivity contribution in [2.45, 2.75) is 24.1 Å². The van der Waals surface area contributed by atoms with Gasteiger partial charge in [0.2, 0.25) is 0 Å². The smallest absolute Gasteiger partial charge is 0.351 e. The molecule has 0 spiro atoms. The van der Waals surface area contributed by atoms with Crippen molar-refractivity contribution in [1.82, 2.24) is 9.55 Å². The molecular weight excluding hydrogens is 606 g/mol. The molecular formula is C31H24F2N6O7. The Morgan fingerprint density at radius 1 is 0.957 bits per heavy atom. The van der Waals surface area contributed by atoms with E-state index in [0.717, 1.165) is 0 Å². The largest absolute Gasteiger partial charge is 0.459 e. The van der Waals surface area contributed by atoms with Gasteiger partial charge in [-0.25, -0.2) is 23.2 Å². The van der Waals surface area contributed by atoms with E-state index < -0.39 is 72.4 Å². The number of esters is 2. The van der Waals surface area contributed by atoms with Crippen LogP contribution in [-0.4, -0.2) is 58.4 Å². The number of amides is 1. The molecule has 1 fully saturated rings. The third-order valence-electron chi connectivity index (χ3n) is 6.99. The summed E-state index contributed by atoms with van der Waals surface area (Å²) in [5.41, 5.74) is 5.99. The monoisotopic (exact) mass is 630 g/mol. The Hall–Kier alpha value is -5.92. The van der Waals surface area contributed by atoms with E-state index in [-0.39, 0.29) is 16.7 Å². The summed E-state index contributed by atoms with van der Waals surface area (Å²) < 4.78 is 48.8. The fraction of sp³-hybridized carbons (Fsp3) is 0.194. The van der Waals surface area contributed by atoms with E-state index >= 15 is 8.78 Å². The van der Waals surface area contributed by atoms with Crippen LogP contribution >= 0.6 is 0 Å². The van der Waals surface area contributed by atoms with Gasteiger partial charge in [0, 0.05) is 10.5 Å². The summed E-state index contributed by atoms with van der Waals surface area (Å²) in [4.78, 5) is 57.7. The van der Waals surface area contributed by atoms with E-state index in [1.54, 1.807) is 54.6 Å². The minimum Gasteiger partial charge on any atom is -0.459 e. The van der Waals surface area contributed by atoms with Crippen molar-refractivity contribution in [2.75, 3.05) is 18.5 Å². The van der Waals surface area contributed by atoms with Gasteiger partial charge in [-0.1, -0.05) is 59.7 Å². The maximum absolute atomic E-state index is 16.4. The Labute approximate surface area is 259 Å². The summed E-state index contributed by atoms with van der Waals surface area (Å²) >= 11 is 0. The molecule has 0 saturated carbocycles. The highest BCUT2D eigenvalue weighted by molar-refractivity contribution is 6.03. The van der Waals surface area contributed by atoms with E-state index in [1.807, 2.05) is 0 Å². The molecule has 1 saturated heterocycles. The zero-order valence-corrected chi connectivity index (χ0v) is 23.7. The molecule has 1 aromatic heterocycles. The van der Waals surface area contributed by atoms with Crippen molar-refractivity contribution >= 4 is 23.7 Å². The fourth-order valence-electron chi connectivity index (χ4n) is 4.72. The lowest BCUT2D eigenvalue weighted by Crippen LogP contribution is -2.51. The predicted molar refractivity (Wildman–Crippen MR) is 157 cm³/mol. The number of azide groups is 1. The number of hydrogen-bond acceptors (Lipinski definition) is 9. The number of aromatic nitrogens is 2. The van der Waals surface area contributed by atoms with Crippen molar-refractivity contribution in [1.29, 1.82) is 0 Å². The van der Waals surface area contributed by atoms with Gasteiger partial charge in [0.25, 0.3) is 5.91 Å². The van der Waals surface area contributed by atoms with E-state index in [4.69, 9.17) is 19.7 Å². The Balaban J connectivity index is 1.49. The van der Waals surface area contributed by atoms with Crippen LogP contribution in [0.1, 0.15) is 37.3 Å². The summed E-state index contributed by atoms with van der Waals surface area (Å²) in [6.07, 6.45) is -5.79. The number of ether oxygens (including phenoxy) is 3. The van der Waals surface area contributed by atoms with Gasteiger partial charge in [0.1, 0.15) is 6.61 Å². The Kier molecular flexibility index (Phi) is 9.45. The Morgan fingerprint density at radius 2 is 1.52 bits per heavy atom. The van der Waals surface area contributed by atoms with Crippen LogP contribution in [0, 0.1) is 5.82 Å². The second kappa shape index (κ2) is 13.8. The van der Waals surface area contributed by atoms with Crippen LogP contribution in [0.3, 0.4) is 0 Å². The maximum atomic E-state index is 16.4. The molecule has 4 atom stereocenters. The van der Waals surface area contributed by atoms with Gasteiger partial charge in [-0.2, -0.15) is 4.98 Å². The highest BCUT2D eigenvalue weighted by Crippen LogP contribution is 2.42. The van der Waals surface area contributed by atoms with Gasteiger partial charge in [-0.15, -0.1) is 0 Å². The summed E-state index contributed by atoms with van der Waals surface area (Å²) in [5.74, 6) is -4.58. The van der Waals surface area contributed by atoms with E-state index in [1.165, 1.54) is 36.4 Å². The van der Waals surface area contributed by atoms with Crippen molar-refractivity contribution in [3.8, 4) is 0 Å². The molecule has 234 valence electrons. The molecule has 46 heavy (non-hydrogen) atoms. The third kappa shape index (κ3) is 6.75. The fourth-order valence-corrected chi connectivity index (χ4v) is 4.72. The van der Waals surface area contributed by atoms with Gasteiger partial charge < -0.3 is 19.5 Å². The first kappa shape index (κ1) is 31.5. The first-order chi connectivity index (χ1) is 22.2. The predicted octanol–water partition coefficient (Wildman–Crippen LogP) is 4.63. The van der Waals surface area contributed by atoms with E-state index in [0.29, 0.717) is 10.8 Å². The molecule has 1 unspecified atom stereocenters. The first-order valence-electron chi connectivity index (χ1n) is 13.7. The SMILES string of the molecule is [N-]=[N+]=NC[C@]1(COC(=O)c2ccccc2)OC(n2cc(F)c(NC(=O)c3ccccc3)nc2=O)[C@H](F)[C@@H]1OC(=O)c1ccccc1. The lowest BCUT2D eigenvalue weighted by molar-refractivity contribution is -0.127. The standard InChI is InChI=1S/C31H24F2N6O7/c32-22-16-39(30(43)37-25(22)36-26(40)19-10-4-1-5-11-19)27-23(33)24(45-29(42)21-14-8-3-9-15-21)31(46-27,17-35-38-34)18-44-28(41)20-12-6-2-7-13-20/h1-16,23-24,27H,17-18H2,(H,36,37,40,43)/t23-,24+,27?,31-/m1/s1. The molecule has 0 radical (unpaired) electrons. The van der Waals surface area contributed by atoms with Crippen LogP contribution in [0.5, 0.6) is 0 Å². The van der Waals surface area contributed by atoms with Crippen LogP contribution in [0.2, 0.25) is 0 Å². The van der Waals surface area contributed by atoms with Crippen molar-refractivity contribution in [2.24, 2.45) is 5.11 Å². The molecule has 4 aromatic rings. The highest BCUT2D eigenvalue weighted by atomic mass is 19.1. The van der Waals surface area contributed by atoms with Crippen LogP contribution in [0.15, 0.2) is 107 Å². The number of hydrogen-bond donors (Lipinski definition) is 1. The van der Waals surface area contributed by atoms with Crippen LogP contribution in [0.4, 0.5) is 14.6 Å². The molecule has 5 rings (SSSR count). The summed E-state index contributed by atoms with van der Waals surface area (Å²) in [6.45, 7) is -1.54. The van der Waals surface area contributed by atoms with Crippen LogP contribution in [-0.2, 0) is 14.2 Å². The maximum Gasteiger partial charge on any atom is 0.351 e. The number of benzene rings is 3. The minimum atomic E-state index is -2.40. The summed E-state index contributed by atoms with van der Waals surface area (Å²) in [5, 5.41) is 5.65. The second-order valence-corrected chi connectivity index (χ2v) is 9.99. The van der Waals surface area contributed by atoms with Crippen molar-refractivity contribution in [3.63, 3.8) is 0 Å². The Morgan fingerprint density at radius 3 is 2.11 bits per heavy atom. The molecule has 1 N–H and O–H groups in total. The number of nitrogens with one attached hydrogen (secondary N) is 1. The highest BCUT2D eigenvalue weighted by Gasteiger charge is 2.60. The van der Waals surface area contributed by atoms with Gasteiger partial charge in [0.05, 0.1) is 23.9 Å². The van der Waals surface area contributed by atoms with E-state index in [9.17, 15) is 19.2 Å². The van der Waals surface area contributed by atoms with Gasteiger partial charge in [-0.05, 0) is 41.9 Å². The molecule has 1 aliphatic heterocycles. The quantitative estimate of drug-likeness (QED) is 0.114. The lowest BCUT2D eigenvalue weighted by atomic mass is 9.96. The van der Waals surface area contributed by atoms with Crippen molar-refractivity contribution in [3.05, 3.63) is 141 Å². The number of nitrogens with zero attached hydrogens (tertiary/aromatic N) is 5. The molecule has 1 aliphatic rings. The second-order valence-electron chi connectivity index (χ2n) is 9.99. The third-order valence-corrected chi connectivity index (χ3v) is 6.99. The van der Waals surface area contributed by atoms with Crippen LogP contribution in [0.25, 0.3) is 10.4 Å². The molecule has 2 heterocycles. The number of carbonyl (C=O) groups is 3. The zero-order chi connectivity index (χ0) is 32.7. The molecule has 3 aromatic carbocycles.